The largest absolute Gasteiger partial charge is 0.463 e. The molecule has 2 nitrogen and oxygen atoms in total. The first-order chi connectivity index (χ1) is 15.1. The molecule has 4 saturated carbocycles. The lowest BCUT2D eigenvalue weighted by Crippen LogP contribution is -2.54. The Morgan fingerprint density at radius 1 is 0.969 bits per heavy atom. The van der Waals surface area contributed by atoms with Crippen LogP contribution in [0.1, 0.15) is 112 Å². The first-order valence-corrected chi connectivity index (χ1v) is 13.9. The van der Waals surface area contributed by atoms with Crippen molar-refractivity contribution in [2.24, 2.45) is 52.3 Å². The standard InChI is InChI=1S/C30H50O2/c1-19(2)20(3)8-9-21(4)26-12-13-27-25-11-10-23-18-24(32-22(5)31)14-16-29(23,6)28(25)15-17-30(26,27)7/h19-20,23-28H,4,8-18H2,1-3,5-7H3/t20-,23-,24-,25-,26+,27-,28-,29-,30+/m0/s1. The summed E-state index contributed by atoms with van der Waals surface area (Å²) >= 11 is 0. The fraction of sp³-hybridized carbons (Fsp3) is 0.900. The van der Waals surface area contributed by atoms with Crippen molar-refractivity contribution in [1.29, 1.82) is 0 Å². The van der Waals surface area contributed by atoms with Gasteiger partial charge in [-0.3, -0.25) is 4.79 Å². The van der Waals surface area contributed by atoms with Crippen LogP contribution in [0.5, 0.6) is 0 Å². The van der Waals surface area contributed by atoms with E-state index in [9.17, 15) is 4.79 Å². The normalized spacial score (nSPS) is 44.3. The molecule has 0 aromatic carbocycles. The zero-order valence-electron chi connectivity index (χ0n) is 21.9. The molecule has 2 heteroatoms. The van der Waals surface area contributed by atoms with Gasteiger partial charge in [-0.05, 0) is 123 Å². The van der Waals surface area contributed by atoms with E-state index < -0.39 is 0 Å². The highest BCUT2D eigenvalue weighted by Gasteiger charge is 2.60. The van der Waals surface area contributed by atoms with Gasteiger partial charge in [0.1, 0.15) is 6.10 Å². The maximum Gasteiger partial charge on any atom is 0.302 e. The number of rotatable bonds is 6. The fourth-order valence-electron chi connectivity index (χ4n) is 9.15. The Kier molecular flexibility index (Phi) is 6.92. The predicted molar refractivity (Wildman–Crippen MR) is 133 cm³/mol. The first-order valence-electron chi connectivity index (χ1n) is 13.9. The Morgan fingerprint density at radius 3 is 2.34 bits per heavy atom. The Labute approximate surface area is 198 Å². The van der Waals surface area contributed by atoms with Crippen molar-refractivity contribution in [1.82, 2.24) is 0 Å². The zero-order chi connectivity index (χ0) is 23.3. The van der Waals surface area contributed by atoms with Crippen LogP contribution in [0, 0.1) is 52.3 Å². The quantitative estimate of drug-likeness (QED) is 0.306. The fourth-order valence-corrected chi connectivity index (χ4v) is 9.15. The van der Waals surface area contributed by atoms with Crippen LogP contribution < -0.4 is 0 Å². The molecule has 0 aromatic heterocycles. The van der Waals surface area contributed by atoms with E-state index in [1.54, 1.807) is 12.5 Å². The van der Waals surface area contributed by atoms with E-state index in [1.165, 1.54) is 57.8 Å². The number of carbonyl (C=O) groups excluding carboxylic acids is 1. The van der Waals surface area contributed by atoms with Crippen LogP contribution in [0.4, 0.5) is 0 Å². The van der Waals surface area contributed by atoms with Crippen molar-refractivity contribution >= 4 is 5.97 Å². The Bertz CT molecular complexity index is 710. The van der Waals surface area contributed by atoms with Crippen LogP contribution in [-0.2, 0) is 9.53 Å². The molecule has 32 heavy (non-hydrogen) atoms. The number of esters is 1. The number of allylic oxidation sites excluding steroid dienone is 1. The highest BCUT2D eigenvalue weighted by atomic mass is 16.5. The highest BCUT2D eigenvalue weighted by Crippen LogP contribution is 2.68. The summed E-state index contributed by atoms with van der Waals surface area (Å²) in [6.45, 7) is 18.6. The van der Waals surface area contributed by atoms with Gasteiger partial charge in [0.15, 0.2) is 0 Å². The van der Waals surface area contributed by atoms with Gasteiger partial charge >= 0.3 is 5.97 Å². The number of carbonyl (C=O) groups is 1. The molecule has 0 aliphatic heterocycles. The molecule has 0 amide bonds. The van der Waals surface area contributed by atoms with Gasteiger partial charge in [-0.2, -0.15) is 0 Å². The van der Waals surface area contributed by atoms with E-state index in [4.69, 9.17) is 4.74 Å². The molecule has 0 heterocycles. The summed E-state index contributed by atoms with van der Waals surface area (Å²) in [4.78, 5) is 11.5. The van der Waals surface area contributed by atoms with Gasteiger partial charge in [-0.1, -0.05) is 46.8 Å². The van der Waals surface area contributed by atoms with Crippen LogP contribution in [-0.4, -0.2) is 12.1 Å². The van der Waals surface area contributed by atoms with Crippen molar-refractivity contribution in [2.75, 3.05) is 0 Å². The van der Waals surface area contributed by atoms with Gasteiger partial charge in [-0.25, -0.2) is 0 Å². The van der Waals surface area contributed by atoms with Crippen LogP contribution in [0.3, 0.4) is 0 Å². The van der Waals surface area contributed by atoms with Crippen LogP contribution in [0.2, 0.25) is 0 Å². The molecule has 182 valence electrons. The molecule has 4 aliphatic rings. The van der Waals surface area contributed by atoms with Crippen LogP contribution >= 0.6 is 0 Å². The molecular weight excluding hydrogens is 392 g/mol. The maximum absolute atomic E-state index is 11.5. The third-order valence-electron chi connectivity index (χ3n) is 11.5. The molecule has 0 spiro atoms. The SMILES string of the molecule is C=C(CC[C@H](C)C(C)C)[C@H]1CC[C@H]2[C@@H]3CC[C@H]4C[C@@H](OC(C)=O)CC[C@]4(C)[C@H]3CC[C@]12C. The van der Waals surface area contributed by atoms with Gasteiger partial charge in [-0.15, -0.1) is 0 Å². The summed E-state index contributed by atoms with van der Waals surface area (Å²) in [5.41, 5.74) is 2.52. The second kappa shape index (κ2) is 9.10. The minimum Gasteiger partial charge on any atom is -0.463 e. The monoisotopic (exact) mass is 442 g/mol. The third kappa shape index (κ3) is 4.22. The summed E-state index contributed by atoms with van der Waals surface area (Å²) in [6, 6.07) is 0. The van der Waals surface area contributed by atoms with Crippen molar-refractivity contribution in [2.45, 2.75) is 118 Å². The molecule has 0 saturated heterocycles. The van der Waals surface area contributed by atoms with Gasteiger partial charge in [0.25, 0.3) is 0 Å². The van der Waals surface area contributed by atoms with E-state index in [0.717, 1.165) is 54.3 Å². The first kappa shape index (κ1) is 24.3. The lowest BCUT2D eigenvalue weighted by Gasteiger charge is -2.61. The summed E-state index contributed by atoms with van der Waals surface area (Å²) in [5.74, 6) is 5.66. The molecule has 0 N–H and O–H groups in total. The van der Waals surface area contributed by atoms with Crippen molar-refractivity contribution in [3.8, 4) is 0 Å². The summed E-state index contributed by atoms with van der Waals surface area (Å²) < 4.78 is 5.65. The minimum absolute atomic E-state index is 0.0965. The van der Waals surface area contributed by atoms with E-state index >= 15 is 0 Å². The second-order valence-electron chi connectivity index (χ2n) is 13.3. The zero-order valence-corrected chi connectivity index (χ0v) is 21.9. The summed E-state index contributed by atoms with van der Waals surface area (Å²) in [6.07, 6.45) is 14.5. The molecule has 9 atom stereocenters. The Hall–Kier alpha value is -0.790. The number of ether oxygens (including phenoxy) is 1. The smallest absolute Gasteiger partial charge is 0.302 e. The van der Waals surface area contributed by atoms with Crippen molar-refractivity contribution < 1.29 is 9.53 Å². The molecule has 0 unspecified atom stereocenters. The van der Waals surface area contributed by atoms with E-state index in [0.29, 0.717) is 10.8 Å². The van der Waals surface area contributed by atoms with Gasteiger partial charge < -0.3 is 4.74 Å². The average Bonchev–Trinajstić information content (AvgIpc) is 3.08. The van der Waals surface area contributed by atoms with Crippen LogP contribution in [0.25, 0.3) is 0 Å². The maximum atomic E-state index is 11.5. The summed E-state index contributed by atoms with van der Waals surface area (Å²) in [7, 11) is 0. The third-order valence-corrected chi connectivity index (χ3v) is 11.5. The van der Waals surface area contributed by atoms with E-state index in [-0.39, 0.29) is 12.1 Å². The summed E-state index contributed by atoms with van der Waals surface area (Å²) in [5, 5.41) is 0. The number of fused-ring (bicyclic) bond motifs is 5. The number of hydrogen-bond acceptors (Lipinski definition) is 2. The van der Waals surface area contributed by atoms with E-state index in [2.05, 4.69) is 41.2 Å². The van der Waals surface area contributed by atoms with Gasteiger partial charge in [0.2, 0.25) is 0 Å². The van der Waals surface area contributed by atoms with Crippen LogP contribution in [0.15, 0.2) is 12.2 Å². The van der Waals surface area contributed by atoms with Crippen molar-refractivity contribution in [3.05, 3.63) is 12.2 Å². The molecule has 4 rings (SSSR count). The molecule has 4 aliphatic carbocycles. The highest BCUT2D eigenvalue weighted by molar-refractivity contribution is 5.66. The Balaban J connectivity index is 1.44. The topological polar surface area (TPSA) is 26.3 Å². The second-order valence-corrected chi connectivity index (χ2v) is 13.3. The lowest BCUT2D eigenvalue weighted by molar-refractivity contribution is -0.159. The lowest BCUT2D eigenvalue weighted by atomic mass is 9.44. The predicted octanol–water partition coefficient (Wildman–Crippen LogP) is 8.21. The van der Waals surface area contributed by atoms with Gasteiger partial charge in [0, 0.05) is 6.92 Å². The number of hydrogen-bond donors (Lipinski definition) is 0. The molecule has 4 fully saturated rings. The van der Waals surface area contributed by atoms with E-state index in [1.807, 2.05) is 0 Å². The Morgan fingerprint density at radius 2 is 1.66 bits per heavy atom. The molecule has 0 bridgehead atoms. The molecule has 0 radical (unpaired) electrons. The van der Waals surface area contributed by atoms with Gasteiger partial charge in [0.05, 0.1) is 0 Å². The minimum atomic E-state index is -0.0965. The van der Waals surface area contributed by atoms with Crippen molar-refractivity contribution in [3.63, 3.8) is 0 Å². The molecular formula is C30H50O2. The molecule has 0 aromatic rings. The average molecular weight is 443 g/mol.